The first-order valence-electron chi connectivity index (χ1n) is 8.72. The van der Waals surface area contributed by atoms with Crippen LogP contribution < -0.4 is 15.4 Å². The number of aromatic nitrogens is 1. The molecule has 5 nitrogen and oxygen atoms in total. The number of terminal acetylenes is 1. The topological polar surface area (TPSA) is 58.5 Å². The van der Waals surface area contributed by atoms with Crippen molar-refractivity contribution in [2.45, 2.75) is 33.7 Å². The van der Waals surface area contributed by atoms with E-state index in [0.717, 1.165) is 41.9 Å². The zero-order chi connectivity index (χ0) is 18.8. The van der Waals surface area contributed by atoms with Gasteiger partial charge in [0.05, 0.1) is 17.2 Å². The van der Waals surface area contributed by atoms with Crippen molar-refractivity contribution in [1.82, 2.24) is 15.6 Å². The van der Waals surface area contributed by atoms with E-state index in [-0.39, 0.29) is 24.0 Å². The summed E-state index contributed by atoms with van der Waals surface area (Å²) in [5.74, 6) is 4.08. The molecule has 27 heavy (non-hydrogen) atoms. The highest BCUT2D eigenvalue weighted by molar-refractivity contribution is 14.0. The third-order valence-electron chi connectivity index (χ3n) is 3.68. The number of aryl methyl sites for hydroxylation is 2. The van der Waals surface area contributed by atoms with Crippen LogP contribution in [0.4, 0.5) is 0 Å². The molecule has 2 aromatic rings. The number of hydrogen-bond donors (Lipinski definition) is 2. The second-order valence-corrected chi connectivity index (χ2v) is 7.04. The lowest BCUT2D eigenvalue weighted by molar-refractivity contribution is 0.370. The monoisotopic (exact) mass is 498 g/mol. The summed E-state index contributed by atoms with van der Waals surface area (Å²) in [6, 6.07) is 8.00. The minimum absolute atomic E-state index is 0. The third kappa shape index (κ3) is 8.18. The summed E-state index contributed by atoms with van der Waals surface area (Å²) >= 11 is 1.70. The highest BCUT2D eigenvalue weighted by Crippen LogP contribution is 2.17. The summed E-state index contributed by atoms with van der Waals surface area (Å²) in [5, 5.41) is 7.75. The van der Waals surface area contributed by atoms with E-state index in [4.69, 9.17) is 11.2 Å². The average Bonchev–Trinajstić information content (AvgIpc) is 2.96. The number of hydrogen-bond acceptors (Lipinski definition) is 4. The lowest BCUT2D eigenvalue weighted by Crippen LogP contribution is -2.38. The largest absolute Gasteiger partial charge is 0.481 e. The summed E-state index contributed by atoms with van der Waals surface area (Å²) in [6.07, 6.45) is 6.09. The van der Waals surface area contributed by atoms with Crippen molar-refractivity contribution in [2.75, 3.05) is 19.7 Å². The van der Waals surface area contributed by atoms with Crippen molar-refractivity contribution in [1.29, 1.82) is 0 Å². The normalized spacial score (nSPS) is 10.7. The second-order valence-electron chi connectivity index (χ2n) is 5.75. The van der Waals surface area contributed by atoms with Crippen LogP contribution in [-0.2, 0) is 13.0 Å². The van der Waals surface area contributed by atoms with Crippen molar-refractivity contribution < 1.29 is 4.74 Å². The molecule has 2 rings (SSSR count). The third-order valence-corrected chi connectivity index (χ3v) is 4.73. The molecule has 146 valence electrons. The van der Waals surface area contributed by atoms with Crippen LogP contribution in [0.1, 0.15) is 28.1 Å². The van der Waals surface area contributed by atoms with Gasteiger partial charge < -0.3 is 15.4 Å². The number of halogens is 1. The molecular formula is C20H27IN4OS. The molecule has 7 heteroatoms. The van der Waals surface area contributed by atoms with Gasteiger partial charge in [-0.25, -0.2) is 9.98 Å². The van der Waals surface area contributed by atoms with Crippen molar-refractivity contribution >= 4 is 41.3 Å². The predicted molar refractivity (Wildman–Crippen MR) is 124 cm³/mol. The van der Waals surface area contributed by atoms with E-state index in [2.05, 4.69) is 45.6 Å². The van der Waals surface area contributed by atoms with Gasteiger partial charge in [-0.1, -0.05) is 18.1 Å². The maximum atomic E-state index is 5.39. The van der Waals surface area contributed by atoms with Crippen molar-refractivity contribution in [3.63, 3.8) is 0 Å². The SMILES string of the molecule is C#CCOc1ccc(CCNC(=NCc2sc(C)nc2C)NCC)cc1.I. The van der Waals surface area contributed by atoms with E-state index in [0.29, 0.717) is 13.2 Å². The molecule has 1 heterocycles. The first kappa shape index (κ1) is 23.2. The van der Waals surface area contributed by atoms with Crippen LogP contribution in [0.2, 0.25) is 0 Å². The summed E-state index contributed by atoms with van der Waals surface area (Å²) < 4.78 is 5.39. The summed E-state index contributed by atoms with van der Waals surface area (Å²) in [5.41, 5.74) is 2.30. The van der Waals surface area contributed by atoms with Gasteiger partial charge in [0.2, 0.25) is 0 Å². The Hall–Kier alpha value is -1.79. The summed E-state index contributed by atoms with van der Waals surface area (Å²) in [6.45, 7) is 8.69. The van der Waals surface area contributed by atoms with Crippen LogP contribution in [0, 0.1) is 26.2 Å². The first-order chi connectivity index (χ1) is 12.6. The van der Waals surface area contributed by atoms with Crippen LogP contribution in [0.25, 0.3) is 0 Å². The molecule has 0 bridgehead atoms. The molecule has 1 aromatic carbocycles. The number of nitrogens with one attached hydrogen (secondary N) is 2. The van der Waals surface area contributed by atoms with Crippen LogP contribution in [0.3, 0.4) is 0 Å². The molecule has 0 unspecified atom stereocenters. The van der Waals surface area contributed by atoms with Crippen LogP contribution in [-0.4, -0.2) is 30.6 Å². The predicted octanol–water partition coefficient (Wildman–Crippen LogP) is 3.69. The molecule has 0 saturated heterocycles. The van der Waals surface area contributed by atoms with E-state index in [1.54, 1.807) is 11.3 Å². The van der Waals surface area contributed by atoms with Crippen LogP contribution in [0.5, 0.6) is 5.75 Å². The Morgan fingerprint density at radius 3 is 2.59 bits per heavy atom. The Labute approximate surface area is 183 Å². The Morgan fingerprint density at radius 1 is 1.26 bits per heavy atom. The van der Waals surface area contributed by atoms with Gasteiger partial charge in [0, 0.05) is 18.0 Å². The Kier molecular flexibility index (Phi) is 10.8. The fraction of sp³-hybridized carbons (Fsp3) is 0.400. The van der Waals surface area contributed by atoms with Crippen LogP contribution >= 0.6 is 35.3 Å². The minimum atomic E-state index is 0. The first-order valence-corrected chi connectivity index (χ1v) is 9.54. The lowest BCUT2D eigenvalue weighted by Gasteiger charge is -2.11. The minimum Gasteiger partial charge on any atom is -0.481 e. The summed E-state index contributed by atoms with van der Waals surface area (Å²) in [4.78, 5) is 10.3. The fourth-order valence-electron chi connectivity index (χ4n) is 2.42. The number of guanidine groups is 1. The Balaban J connectivity index is 0.00000364. The highest BCUT2D eigenvalue weighted by Gasteiger charge is 2.05. The number of benzene rings is 1. The van der Waals surface area contributed by atoms with E-state index < -0.39 is 0 Å². The smallest absolute Gasteiger partial charge is 0.191 e. The lowest BCUT2D eigenvalue weighted by atomic mass is 10.1. The van der Waals surface area contributed by atoms with Crippen LogP contribution in [0.15, 0.2) is 29.3 Å². The molecule has 0 amide bonds. The van der Waals surface area contributed by atoms with Crippen molar-refractivity contribution in [2.24, 2.45) is 4.99 Å². The molecule has 0 spiro atoms. The molecule has 0 fully saturated rings. The molecule has 0 atom stereocenters. The van der Waals surface area contributed by atoms with Gasteiger partial charge in [-0.15, -0.1) is 41.7 Å². The maximum Gasteiger partial charge on any atom is 0.191 e. The van der Waals surface area contributed by atoms with Gasteiger partial charge >= 0.3 is 0 Å². The molecular weight excluding hydrogens is 471 g/mol. The van der Waals surface area contributed by atoms with Gasteiger partial charge in [0.25, 0.3) is 0 Å². The maximum absolute atomic E-state index is 5.39. The zero-order valence-electron chi connectivity index (χ0n) is 16.0. The number of aliphatic imine (C=N–C) groups is 1. The summed E-state index contributed by atoms with van der Waals surface area (Å²) in [7, 11) is 0. The molecule has 1 aromatic heterocycles. The van der Waals surface area contributed by atoms with E-state index in [1.807, 2.05) is 26.0 Å². The molecule has 0 aliphatic rings. The molecule has 0 aliphatic carbocycles. The zero-order valence-corrected chi connectivity index (χ0v) is 19.2. The van der Waals surface area contributed by atoms with Gasteiger partial charge in [-0.2, -0.15) is 0 Å². The fourth-order valence-corrected chi connectivity index (χ4v) is 3.28. The molecule has 0 saturated carbocycles. The van der Waals surface area contributed by atoms with Gasteiger partial charge in [-0.3, -0.25) is 0 Å². The average molecular weight is 498 g/mol. The molecule has 0 aliphatic heterocycles. The van der Waals surface area contributed by atoms with E-state index in [1.165, 1.54) is 10.4 Å². The van der Waals surface area contributed by atoms with Gasteiger partial charge in [0.15, 0.2) is 5.96 Å². The number of ether oxygens (including phenoxy) is 1. The van der Waals surface area contributed by atoms with E-state index in [9.17, 15) is 0 Å². The number of thiazole rings is 1. The quantitative estimate of drug-likeness (QED) is 0.252. The number of rotatable bonds is 8. The van der Waals surface area contributed by atoms with Gasteiger partial charge in [-0.05, 0) is 44.9 Å². The second kappa shape index (κ2) is 12.6. The number of nitrogens with zero attached hydrogens (tertiary/aromatic N) is 2. The Morgan fingerprint density at radius 2 is 2.00 bits per heavy atom. The van der Waals surface area contributed by atoms with Crippen molar-refractivity contribution in [3.8, 4) is 18.1 Å². The van der Waals surface area contributed by atoms with Gasteiger partial charge in [0.1, 0.15) is 12.4 Å². The van der Waals surface area contributed by atoms with E-state index >= 15 is 0 Å². The molecule has 2 N–H and O–H groups in total. The highest BCUT2D eigenvalue weighted by atomic mass is 127. The Bertz CT molecular complexity index is 765. The molecule has 0 radical (unpaired) electrons. The van der Waals surface area contributed by atoms with Crippen molar-refractivity contribution in [3.05, 3.63) is 45.4 Å². The standard InChI is InChI=1S/C20H26N4OS.HI/c1-5-13-25-18-9-7-17(8-10-18)11-12-22-20(21-6-2)23-14-19-15(3)24-16(4)26-19;/h1,7-10H,6,11-14H2,2-4H3,(H2,21,22,23);1H.